The molecule has 3 aromatic rings. The number of rotatable bonds is 7. The van der Waals surface area contributed by atoms with Gasteiger partial charge < -0.3 is 10.1 Å². The summed E-state index contributed by atoms with van der Waals surface area (Å²) in [6.07, 6.45) is 0.475. The van der Waals surface area contributed by atoms with Gasteiger partial charge in [-0.25, -0.2) is 17.2 Å². The van der Waals surface area contributed by atoms with E-state index >= 15 is 0 Å². The molecule has 0 bridgehead atoms. The van der Waals surface area contributed by atoms with E-state index in [2.05, 4.69) is 5.32 Å². The number of morpholine rings is 1. The normalized spacial score (nSPS) is 17.4. The zero-order chi connectivity index (χ0) is 24.3. The number of nitrogens with zero attached hydrogens (tertiary/aromatic N) is 1. The van der Waals surface area contributed by atoms with E-state index in [1.165, 1.54) is 24.3 Å². The summed E-state index contributed by atoms with van der Waals surface area (Å²) in [6.45, 7) is 3.71. The Morgan fingerprint density at radius 1 is 1.12 bits per heavy atom. The lowest BCUT2D eigenvalue weighted by atomic mass is 9.96. The molecule has 9 heteroatoms. The summed E-state index contributed by atoms with van der Waals surface area (Å²) in [5, 5.41) is 3.65. The quantitative estimate of drug-likeness (QED) is 0.484. The van der Waals surface area contributed by atoms with Crippen LogP contribution in [0.3, 0.4) is 0 Å². The van der Waals surface area contributed by atoms with E-state index in [1.54, 1.807) is 19.1 Å². The molecule has 1 aliphatic heterocycles. The van der Waals surface area contributed by atoms with Crippen LogP contribution in [0.5, 0.6) is 0 Å². The smallest absolute Gasteiger partial charge is 0.264 e. The van der Waals surface area contributed by atoms with Crippen molar-refractivity contribution in [3.05, 3.63) is 94.5 Å². The highest BCUT2D eigenvalue weighted by molar-refractivity contribution is 7.92. The lowest BCUT2D eigenvalue weighted by Crippen LogP contribution is -2.40. The van der Waals surface area contributed by atoms with Gasteiger partial charge in [-0.2, -0.15) is 0 Å². The molecule has 1 aliphatic rings. The molecule has 1 heterocycles. The second-order valence-electron chi connectivity index (χ2n) is 8.13. The molecule has 0 aliphatic carbocycles. The summed E-state index contributed by atoms with van der Waals surface area (Å²) in [5.74, 6) is -1.59. The Kier molecular flexibility index (Phi) is 7.52. The molecule has 4 rings (SSSR count). The van der Waals surface area contributed by atoms with Gasteiger partial charge in [-0.3, -0.25) is 4.31 Å². The summed E-state index contributed by atoms with van der Waals surface area (Å²) in [5.41, 5.74) is 1.18. The average Bonchev–Trinajstić information content (AvgIpc) is 2.82. The third-order valence-electron chi connectivity index (χ3n) is 5.82. The van der Waals surface area contributed by atoms with E-state index in [-0.39, 0.29) is 16.7 Å². The van der Waals surface area contributed by atoms with Crippen LogP contribution in [0.25, 0.3) is 0 Å². The molecule has 0 saturated carbocycles. The van der Waals surface area contributed by atoms with E-state index in [1.807, 2.05) is 12.1 Å². The van der Waals surface area contributed by atoms with Crippen LogP contribution in [0.15, 0.2) is 71.6 Å². The van der Waals surface area contributed by atoms with Crippen molar-refractivity contribution in [3.8, 4) is 0 Å². The van der Waals surface area contributed by atoms with Crippen molar-refractivity contribution in [3.63, 3.8) is 0 Å². The summed E-state index contributed by atoms with van der Waals surface area (Å²) in [7, 11) is -4.28. The van der Waals surface area contributed by atoms with Crippen LogP contribution in [0.2, 0.25) is 5.02 Å². The van der Waals surface area contributed by atoms with Gasteiger partial charge in [0, 0.05) is 30.6 Å². The highest BCUT2D eigenvalue weighted by atomic mass is 35.5. The first-order valence-corrected chi connectivity index (χ1v) is 12.7. The maximum Gasteiger partial charge on any atom is 0.264 e. The maximum atomic E-state index is 15.0. The Balaban J connectivity index is 1.81. The summed E-state index contributed by atoms with van der Waals surface area (Å²) in [4.78, 5) is -0.0790. The predicted octanol–water partition coefficient (Wildman–Crippen LogP) is 5.11. The van der Waals surface area contributed by atoms with Crippen molar-refractivity contribution in [1.29, 1.82) is 0 Å². The van der Waals surface area contributed by atoms with Crippen LogP contribution in [-0.4, -0.2) is 34.2 Å². The molecule has 3 aromatic carbocycles. The highest BCUT2D eigenvalue weighted by Gasteiger charge is 2.34. The average molecular weight is 507 g/mol. The third kappa shape index (κ3) is 5.25. The minimum Gasteiger partial charge on any atom is -0.375 e. The Bertz CT molecular complexity index is 1250. The molecule has 0 radical (unpaired) electrons. The first kappa shape index (κ1) is 24.6. The molecule has 0 spiro atoms. The number of halogens is 3. The van der Waals surface area contributed by atoms with Crippen molar-refractivity contribution in [2.24, 2.45) is 0 Å². The highest BCUT2D eigenvalue weighted by Crippen LogP contribution is 2.37. The Morgan fingerprint density at radius 3 is 2.56 bits per heavy atom. The van der Waals surface area contributed by atoms with Crippen molar-refractivity contribution in [2.75, 3.05) is 24.0 Å². The van der Waals surface area contributed by atoms with E-state index in [9.17, 15) is 17.2 Å². The SMILES string of the molecule is C[C@H](c1ccccc1CC1CNCCO1)N(c1cc(F)ccc1F)S(=O)(=O)c1ccc(Cl)cc1. The Hall–Kier alpha value is -2.52. The lowest BCUT2D eigenvalue weighted by Gasteiger charge is -2.33. The van der Waals surface area contributed by atoms with E-state index in [0.29, 0.717) is 30.2 Å². The maximum absolute atomic E-state index is 15.0. The number of sulfonamides is 1. The van der Waals surface area contributed by atoms with Gasteiger partial charge in [-0.05, 0) is 54.4 Å². The summed E-state index contributed by atoms with van der Waals surface area (Å²) < 4.78 is 63.5. The first-order valence-electron chi connectivity index (χ1n) is 10.9. The van der Waals surface area contributed by atoms with E-state index < -0.39 is 27.7 Å². The molecule has 0 aromatic heterocycles. The molecule has 1 saturated heterocycles. The fourth-order valence-electron chi connectivity index (χ4n) is 4.17. The van der Waals surface area contributed by atoms with Gasteiger partial charge in [0.25, 0.3) is 10.0 Å². The molecular formula is C25H25ClF2N2O3S. The largest absolute Gasteiger partial charge is 0.375 e. The second kappa shape index (κ2) is 10.4. The van der Waals surface area contributed by atoms with Gasteiger partial charge in [0.2, 0.25) is 0 Å². The lowest BCUT2D eigenvalue weighted by molar-refractivity contribution is 0.0291. The van der Waals surface area contributed by atoms with Crippen molar-refractivity contribution in [1.82, 2.24) is 5.32 Å². The number of benzene rings is 3. The molecule has 1 N–H and O–H groups in total. The second-order valence-corrected chi connectivity index (χ2v) is 10.4. The predicted molar refractivity (Wildman–Crippen MR) is 129 cm³/mol. The van der Waals surface area contributed by atoms with E-state index in [0.717, 1.165) is 34.6 Å². The molecule has 1 fully saturated rings. The molecule has 0 amide bonds. The van der Waals surface area contributed by atoms with Crippen LogP contribution in [0, 0.1) is 11.6 Å². The number of hydrogen-bond donors (Lipinski definition) is 1. The van der Waals surface area contributed by atoms with Crippen LogP contribution >= 0.6 is 11.6 Å². The fraction of sp³-hybridized carbons (Fsp3) is 0.280. The van der Waals surface area contributed by atoms with Gasteiger partial charge in [-0.1, -0.05) is 35.9 Å². The molecule has 2 atom stereocenters. The molecule has 1 unspecified atom stereocenters. The van der Waals surface area contributed by atoms with Crippen LogP contribution in [-0.2, 0) is 21.2 Å². The number of ether oxygens (including phenoxy) is 1. The Morgan fingerprint density at radius 2 is 1.85 bits per heavy atom. The summed E-state index contributed by atoms with van der Waals surface area (Å²) in [6, 6.07) is 14.9. The van der Waals surface area contributed by atoms with Crippen molar-refractivity contribution < 1.29 is 21.9 Å². The number of anilines is 1. The monoisotopic (exact) mass is 506 g/mol. The number of nitrogens with one attached hydrogen (secondary N) is 1. The zero-order valence-corrected chi connectivity index (χ0v) is 20.1. The van der Waals surface area contributed by atoms with Gasteiger partial charge >= 0.3 is 0 Å². The molecule has 5 nitrogen and oxygen atoms in total. The minimum atomic E-state index is -4.28. The van der Waals surface area contributed by atoms with Gasteiger partial charge in [0.05, 0.1) is 29.3 Å². The first-order chi connectivity index (χ1) is 16.3. The third-order valence-corrected chi connectivity index (χ3v) is 7.98. The minimum absolute atomic E-state index is 0.0747. The molecular weight excluding hydrogens is 482 g/mol. The topological polar surface area (TPSA) is 58.6 Å². The van der Waals surface area contributed by atoms with Gasteiger partial charge in [-0.15, -0.1) is 0 Å². The number of hydrogen-bond acceptors (Lipinski definition) is 4. The van der Waals surface area contributed by atoms with Crippen molar-refractivity contribution in [2.45, 2.75) is 30.4 Å². The van der Waals surface area contributed by atoms with Crippen LogP contribution in [0.1, 0.15) is 24.1 Å². The van der Waals surface area contributed by atoms with Crippen molar-refractivity contribution >= 4 is 27.3 Å². The molecule has 180 valence electrons. The van der Waals surface area contributed by atoms with Gasteiger partial charge in [0.15, 0.2) is 0 Å². The Labute approximate surface area is 203 Å². The zero-order valence-electron chi connectivity index (χ0n) is 18.5. The van der Waals surface area contributed by atoms with Crippen LogP contribution in [0.4, 0.5) is 14.5 Å². The fourth-order valence-corrected chi connectivity index (χ4v) is 5.93. The standard InChI is InChI=1S/C25H25ClF2N2O3S/c1-17(23-5-3-2-4-18(23)14-21-16-29-12-13-33-21)30(25-15-20(27)8-11-24(25)28)34(31,32)22-9-6-19(26)7-10-22/h2-11,15,17,21,29H,12-14,16H2,1H3/t17-,21?/m1/s1. The summed E-state index contributed by atoms with van der Waals surface area (Å²) >= 11 is 5.94. The molecule has 34 heavy (non-hydrogen) atoms. The van der Waals surface area contributed by atoms with E-state index in [4.69, 9.17) is 16.3 Å². The van der Waals surface area contributed by atoms with Gasteiger partial charge in [0.1, 0.15) is 11.6 Å². The van der Waals surface area contributed by atoms with Crippen LogP contribution < -0.4 is 9.62 Å².